The van der Waals surface area contributed by atoms with Crippen LogP contribution in [0.5, 0.6) is 0 Å². The van der Waals surface area contributed by atoms with E-state index < -0.39 is 0 Å². The Balaban J connectivity index is 1.86. The molecule has 0 aliphatic carbocycles. The molecule has 0 spiro atoms. The Labute approximate surface area is 131 Å². The van der Waals surface area contributed by atoms with Crippen LogP contribution in [-0.2, 0) is 0 Å². The van der Waals surface area contributed by atoms with Crippen LogP contribution < -0.4 is 10.2 Å². The molecule has 1 fully saturated rings. The van der Waals surface area contributed by atoms with Crippen LogP contribution in [0.25, 0.3) is 0 Å². The Bertz CT molecular complexity index is 433. The molecule has 1 saturated heterocycles. The average Bonchev–Trinajstić information content (AvgIpc) is 2.47. The topological polar surface area (TPSA) is 57.2 Å². The first kappa shape index (κ1) is 16.2. The van der Waals surface area contributed by atoms with Gasteiger partial charge in [0.05, 0.1) is 0 Å². The zero-order chi connectivity index (χ0) is 15.1. The van der Waals surface area contributed by atoms with Crippen LogP contribution in [-0.4, -0.2) is 60.1 Å². The fraction of sp³-hybridized carbons (Fsp3) is 0.786. The number of hydrogen-bond donors (Lipinski definition) is 1. The van der Waals surface area contributed by atoms with Gasteiger partial charge >= 0.3 is 0 Å². The second-order valence-corrected chi connectivity index (χ2v) is 6.05. The summed E-state index contributed by atoms with van der Waals surface area (Å²) in [6, 6.07) is 0. The van der Waals surface area contributed by atoms with Gasteiger partial charge in [0.25, 0.3) is 0 Å². The van der Waals surface area contributed by atoms with E-state index in [2.05, 4.69) is 44.2 Å². The highest BCUT2D eigenvalue weighted by atomic mass is 35.5. The van der Waals surface area contributed by atoms with Gasteiger partial charge < -0.3 is 15.1 Å². The van der Waals surface area contributed by atoms with E-state index >= 15 is 0 Å². The van der Waals surface area contributed by atoms with Gasteiger partial charge in [-0.2, -0.15) is 15.0 Å². The second-order valence-electron chi connectivity index (χ2n) is 5.71. The summed E-state index contributed by atoms with van der Waals surface area (Å²) in [6.07, 6.45) is 5.90. The Hall–Kier alpha value is -1.14. The molecule has 0 aromatic carbocycles. The lowest BCUT2D eigenvalue weighted by molar-refractivity contribution is 0.396. The van der Waals surface area contributed by atoms with Crippen molar-refractivity contribution in [3.05, 3.63) is 5.28 Å². The Morgan fingerprint density at radius 1 is 1.10 bits per heavy atom. The lowest BCUT2D eigenvalue weighted by atomic mass is 10.1. The van der Waals surface area contributed by atoms with Crippen molar-refractivity contribution in [2.75, 3.05) is 50.5 Å². The molecular formula is C14H25ClN6. The quantitative estimate of drug-likeness (QED) is 0.780. The number of anilines is 2. The van der Waals surface area contributed by atoms with Crippen LogP contribution in [0.4, 0.5) is 11.9 Å². The number of rotatable bonds is 7. The molecule has 0 amide bonds. The molecule has 0 atom stereocenters. The third-order valence-electron chi connectivity index (χ3n) is 3.55. The molecule has 1 aromatic rings. The first-order chi connectivity index (χ1) is 10.1. The van der Waals surface area contributed by atoms with E-state index in [9.17, 15) is 0 Å². The molecule has 1 aromatic heterocycles. The Morgan fingerprint density at radius 2 is 1.86 bits per heavy atom. The maximum atomic E-state index is 6.02. The number of piperidine rings is 1. The van der Waals surface area contributed by atoms with E-state index in [4.69, 9.17) is 11.6 Å². The van der Waals surface area contributed by atoms with Gasteiger partial charge in [0.1, 0.15) is 0 Å². The van der Waals surface area contributed by atoms with Crippen molar-refractivity contribution < 1.29 is 0 Å². The molecule has 0 unspecified atom stereocenters. The summed E-state index contributed by atoms with van der Waals surface area (Å²) in [4.78, 5) is 17.3. The molecule has 118 valence electrons. The van der Waals surface area contributed by atoms with Crippen LogP contribution in [0.2, 0.25) is 5.28 Å². The van der Waals surface area contributed by atoms with E-state index in [1.807, 2.05) is 0 Å². The summed E-state index contributed by atoms with van der Waals surface area (Å²) >= 11 is 6.02. The van der Waals surface area contributed by atoms with Crippen molar-refractivity contribution in [1.29, 1.82) is 0 Å². The number of hydrogen-bond acceptors (Lipinski definition) is 6. The molecule has 1 N–H and O–H groups in total. The molecule has 0 radical (unpaired) electrons. The van der Waals surface area contributed by atoms with Crippen molar-refractivity contribution in [1.82, 2.24) is 19.9 Å². The molecule has 0 saturated carbocycles. The van der Waals surface area contributed by atoms with Crippen molar-refractivity contribution >= 4 is 23.5 Å². The first-order valence-electron chi connectivity index (χ1n) is 7.70. The predicted octanol–water partition coefficient (Wildman–Crippen LogP) is 2.27. The third-order valence-corrected chi connectivity index (χ3v) is 3.72. The third kappa shape index (κ3) is 5.63. The summed E-state index contributed by atoms with van der Waals surface area (Å²) < 4.78 is 0. The van der Waals surface area contributed by atoms with Gasteiger partial charge in [0, 0.05) is 19.6 Å². The van der Waals surface area contributed by atoms with Crippen LogP contribution in [0.15, 0.2) is 0 Å². The monoisotopic (exact) mass is 312 g/mol. The fourth-order valence-corrected chi connectivity index (χ4v) is 2.56. The van der Waals surface area contributed by atoms with E-state index in [-0.39, 0.29) is 5.28 Å². The zero-order valence-electron chi connectivity index (χ0n) is 13.0. The van der Waals surface area contributed by atoms with Crippen LogP contribution >= 0.6 is 11.6 Å². The number of nitrogens with zero attached hydrogens (tertiary/aromatic N) is 5. The normalized spacial score (nSPS) is 15.5. The molecule has 21 heavy (non-hydrogen) atoms. The maximum absolute atomic E-state index is 6.02. The van der Waals surface area contributed by atoms with Crippen molar-refractivity contribution in [2.45, 2.75) is 32.1 Å². The summed E-state index contributed by atoms with van der Waals surface area (Å²) in [6.45, 7) is 3.96. The number of aromatic nitrogens is 3. The lowest BCUT2D eigenvalue weighted by Gasteiger charge is -2.26. The van der Waals surface area contributed by atoms with Crippen LogP contribution in [0.1, 0.15) is 32.1 Å². The molecule has 1 aliphatic heterocycles. The van der Waals surface area contributed by atoms with Gasteiger partial charge in [0.2, 0.25) is 17.2 Å². The molecule has 2 heterocycles. The minimum absolute atomic E-state index is 0.265. The number of halogens is 1. The average molecular weight is 313 g/mol. The van der Waals surface area contributed by atoms with E-state index in [0.29, 0.717) is 11.9 Å². The van der Waals surface area contributed by atoms with Gasteiger partial charge in [-0.15, -0.1) is 0 Å². The van der Waals surface area contributed by atoms with Gasteiger partial charge in [-0.25, -0.2) is 0 Å². The van der Waals surface area contributed by atoms with E-state index in [1.165, 1.54) is 19.3 Å². The van der Waals surface area contributed by atoms with Crippen LogP contribution in [0, 0.1) is 0 Å². The minimum atomic E-state index is 0.265. The first-order valence-corrected chi connectivity index (χ1v) is 8.08. The number of nitrogens with one attached hydrogen (secondary N) is 1. The molecule has 1 aliphatic rings. The largest absolute Gasteiger partial charge is 0.354 e. The summed E-state index contributed by atoms with van der Waals surface area (Å²) in [5.74, 6) is 1.28. The molecule has 7 heteroatoms. The lowest BCUT2D eigenvalue weighted by Crippen LogP contribution is -2.31. The van der Waals surface area contributed by atoms with Gasteiger partial charge in [-0.3, -0.25) is 0 Å². The highest BCUT2D eigenvalue weighted by Crippen LogP contribution is 2.18. The van der Waals surface area contributed by atoms with Crippen molar-refractivity contribution in [2.24, 2.45) is 0 Å². The Kier molecular flexibility index (Phi) is 6.45. The van der Waals surface area contributed by atoms with Gasteiger partial charge in [0.15, 0.2) is 0 Å². The second kappa shape index (κ2) is 8.34. The summed E-state index contributed by atoms with van der Waals surface area (Å²) in [7, 11) is 4.17. The highest BCUT2D eigenvalue weighted by Gasteiger charge is 2.15. The van der Waals surface area contributed by atoms with Gasteiger partial charge in [-0.05, 0) is 64.3 Å². The molecular weight excluding hydrogens is 288 g/mol. The predicted molar refractivity (Wildman–Crippen MR) is 87.2 cm³/mol. The van der Waals surface area contributed by atoms with E-state index in [1.54, 1.807) is 0 Å². The molecule has 2 rings (SSSR count). The summed E-state index contributed by atoms with van der Waals surface area (Å²) in [5.41, 5.74) is 0. The van der Waals surface area contributed by atoms with E-state index in [0.717, 1.165) is 39.0 Å². The zero-order valence-corrected chi connectivity index (χ0v) is 13.7. The van der Waals surface area contributed by atoms with Crippen molar-refractivity contribution in [3.63, 3.8) is 0 Å². The fourth-order valence-electron chi connectivity index (χ4n) is 2.41. The standard InChI is InChI=1S/C14H25ClN6/c1-20(2)9-7-4-8-16-13-17-12(15)18-14(19-13)21-10-5-3-6-11-21/h3-11H2,1-2H3,(H,16,17,18,19). The Morgan fingerprint density at radius 3 is 2.57 bits per heavy atom. The molecule has 6 nitrogen and oxygen atoms in total. The van der Waals surface area contributed by atoms with Crippen molar-refractivity contribution in [3.8, 4) is 0 Å². The van der Waals surface area contributed by atoms with Crippen LogP contribution in [0.3, 0.4) is 0 Å². The SMILES string of the molecule is CN(C)CCCCNc1nc(Cl)nc(N2CCCCC2)n1. The smallest absolute Gasteiger partial charge is 0.231 e. The minimum Gasteiger partial charge on any atom is -0.354 e. The highest BCUT2D eigenvalue weighted by molar-refractivity contribution is 6.28. The van der Waals surface area contributed by atoms with Gasteiger partial charge in [-0.1, -0.05) is 0 Å². The molecule has 0 bridgehead atoms. The number of unbranched alkanes of at least 4 members (excludes halogenated alkanes) is 1. The maximum Gasteiger partial charge on any atom is 0.231 e. The summed E-state index contributed by atoms with van der Waals surface area (Å²) in [5, 5.41) is 3.51.